The average molecular weight is 749 g/mol. The van der Waals surface area contributed by atoms with Crippen molar-refractivity contribution in [3.63, 3.8) is 0 Å². The molecule has 2 atom stereocenters. The van der Waals surface area contributed by atoms with Gasteiger partial charge in [-0.2, -0.15) is 0 Å². The number of methoxy groups -OCH3 is 2. The van der Waals surface area contributed by atoms with Crippen LogP contribution in [0, 0.1) is 11.7 Å². The minimum Gasteiger partial charge on any atom is -0.870 e. The number of carbonyl (C=O) groups is 2. The summed E-state index contributed by atoms with van der Waals surface area (Å²) in [5.41, 5.74) is 1.45. The zero-order valence-corrected chi connectivity index (χ0v) is 30.2. The molecule has 5 rings (SSSR count). The molecule has 2 aromatic carbocycles. The molecular weight excluding hydrogens is 708 g/mol. The molecule has 0 aliphatic carbocycles. The summed E-state index contributed by atoms with van der Waals surface area (Å²) in [5.74, 6) is -0.357. The maximum Gasteiger partial charge on any atom is 0.348 e. The van der Waals surface area contributed by atoms with E-state index in [2.05, 4.69) is 22.2 Å². The number of nitrogens with one attached hydrogen (secondary N) is 2. The summed E-state index contributed by atoms with van der Waals surface area (Å²) < 4.78 is 37.5. The van der Waals surface area contributed by atoms with Gasteiger partial charge in [-0.05, 0) is 74.8 Å². The van der Waals surface area contributed by atoms with E-state index in [0.29, 0.717) is 37.5 Å². The van der Waals surface area contributed by atoms with E-state index in [9.17, 15) is 14.0 Å². The lowest BCUT2D eigenvalue weighted by atomic mass is 9.98. The van der Waals surface area contributed by atoms with Gasteiger partial charge >= 0.3 is 11.9 Å². The first kappa shape index (κ1) is 39.0. The van der Waals surface area contributed by atoms with E-state index >= 15 is 0 Å². The summed E-state index contributed by atoms with van der Waals surface area (Å²) in [6.45, 7) is 2.36. The molecule has 0 radical (unpaired) electrons. The average Bonchev–Trinajstić information content (AvgIpc) is 3.59. The molecule has 3 heterocycles. The van der Waals surface area contributed by atoms with Crippen LogP contribution < -0.4 is 19.8 Å². The van der Waals surface area contributed by atoms with Crippen molar-refractivity contribution in [1.82, 2.24) is 10.2 Å². The standard InChI is InChI=1S/C36H38Cl2FN3O6S.H2O/c1-42-14-12-22(13-15-42)21-47-36(44)34(25-6-4-5-7-29(25)39)41-18-24-9-11-33(49-24)35(43)48-31(17-26-27(37)19-40-20-28(26)38)23-8-10-30(45-2)32(16-23)46-3;/h4-11,16,19-20,22,31,34,41H,12-15,17-18,21H2,1-3H3;1H2/t31-,34?;/m0./s1. The van der Waals surface area contributed by atoms with Crippen molar-refractivity contribution in [3.05, 3.63) is 109 Å². The third-order valence-corrected chi connectivity index (χ3v) is 10.2. The lowest BCUT2D eigenvalue weighted by Gasteiger charge is -2.29. The first-order chi connectivity index (χ1) is 23.7. The highest BCUT2D eigenvalue weighted by Gasteiger charge is 2.28. The van der Waals surface area contributed by atoms with E-state index in [-0.39, 0.29) is 36.5 Å². The molecule has 1 aliphatic rings. The second kappa shape index (κ2) is 18.5. The number of piperidine rings is 1. The van der Waals surface area contributed by atoms with Crippen molar-refractivity contribution in [2.45, 2.75) is 38.0 Å². The van der Waals surface area contributed by atoms with E-state index in [4.69, 9.17) is 42.1 Å². The van der Waals surface area contributed by atoms with Gasteiger partial charge in [0.15, 0.2) is 23.9 Å². The number of halogens is 3. The number of hydrogen-bond acceptors (Lipinski definition) is 10. The van der Waals surface area contributed by atoms with Gasteiger partial charge in [0, 0.05) is 29.0 Å². The van der Waals surface area contributed by atoms with Crippen molar-refractivity contribution in [3.8, 4) is 11.5 Å². The molecular formula is C36H40Cl2FN3O7S. The van der Waals surface area contributed by atoms with E-state index in [1.807, 2.05) is 0 Å². The topological polar surface area (TPSA) is 130 Å². The Bertz CT molecular complexity index is 1730. The monoisotopic (exact) mass is 747 g/mol. The number of benzene rings is 2. The molecule has 2 aromatic heterocycles. The summed E-state index contributed by atoms with van der Waals surface area (Å²) in [7, 11) is 5.13. The number of pyridine rings is 1. The highest BCUT2D eigenvalue weighted by molar-refractivity contribution is 7.13. The number of thiophene rings is 1. The maximum absolute atomic E-state index is 14.9. The second-order valence-electron chi connectivity index (χ2n) is 11.8. The van der Waals surface area contributed by atoms with Crippen LogP contribution in [-0.2, 0) is 27.2 Å². The van der Waals surface area contributed by atoms with Crippen molar-refractivity contribution in [2.75, 3.05) is 41.0 Å². The Balaban J connectivity index is 0.00000562. The van der Waals surface area contributed by atoms with E-state index in [1.54, 1.807) is 60.9 Å². The zero-order valence-electron chi connectivity index (χ0n) is 27.9. The molecule has 10 nitrogen and oxygen atoms in total. The summed E-state index contributed by atoms with van der Waals surface area (Å²) in [6, 6.07) is 13.8. The van der Waals surface area contributed by atoms with Gasteiger partial charge in [0.05, 0.1) is 20.8 Å². The molecule has 1 fully saturated rings. The maximum atomic E-state index is 14.9. The second-order valence-corrected chi connectivity index (χ2v) is 13.8. The first-order valence-corrected chi connectivity index (χ1v) is 17.4. The molecule has 0 saturated carbocycles. The van der Waals surface area contributed by atoms with Crippen LogP contribution in [0.4, 0.5) is 4.39 Å². The summed E-state index contributed by atoms with van der Waals surface area (Å²) >= 11 is 14.1. The van der Waals surface area contributed by atoms with Crippen LogP contribution >= 0.6 is 34.5 Å². The molecule has 0 amide bonds. The fourth-order valence-electron chi connectivity index (χ4n) is 5.65. The van der Waals surface area contributed by atoms with Gasteiger partial charge in [0.1, 0.15) is 32.9 Å². The Kier molecular flexibility index (Phi) is 14.4. The number of rotatable bonds is 14. The minimum absolute atomic E-state index is 0. The van der Waals surface area contributed by atoms with Gasteiger partial charge in [-0.1, -0.05) is 47.5 Å². The van der Waals surface area contributed by atoms with Crippen LogP contribution in [0.15, 0.2) is 67.0 Å². The number of hydrogen-bond donors (Lipinski definition) is 1. The first-order valence-electron chi connectivity index (χ1n) is 15.8. The highest BCUT2D eigenvalue weighted by atomic mass is 35.5. The highest BCUT2D eigenvalue weighted by Crippen LogP contribution is 2.36. The van der Waals surface area contributed by atoms with Crippen LogP contribution in [0.2, 0.25) is 10.0 Å². The molecule has 268 valence electrons. The Morgan fingerprint density at radius 3 is 2.40 bits per heavy atom. The fourth-order valence-corrected chi connectivity index (χ4v) is 7.03. The predicted molar refractivity (Wildman–Crippen MR) is 188 cm³/mol. The van der Waals surface area contributed by atoms with Gasteiger partial charge in [-0.15, -0.1) is 11.3 Å². The molecule has 50 heavy (non-hydrogen) atoms. The molecule has 1 unspecified atom stereocenters. The molecule has 0 spiro atoms. The van der Waals surface area contributed by atoms with E-state index < -0.39 is 29.9 Å². The Morgan fingerprint density at radius 1 is 1.02 bits per heavy atom. The van der Waals surface area contributed by atoms with Crippen molar-refractivity contribution >= 4 is 46.5 Å². The number of carbonyl (C=O) groups excluding carboxylic acids is 2. The SMILES string of the molecule is COc1ccc([C@H](Cc2c(Cl)c[nH+]cc2Cl)OC(=O)c2ccc(CNC(C(=O)OCC3CCN(C)CC3)c3ccccc3F)s2)cc1OC.[OH-]. The predicted octanol–water partition coefficient (Wildman–Crippen LogP) is 6.71. The molecule has 1 aliphatic heterocycles. The van der Waals surface area contributed by atoms with Gasteiger partial charge in [0.25, 0.3) is 0 Å². The van der Waals surface area contributed by atoms with Gasteiger partial charge in [-0.25, -0.2) is 19.0 Å². The van der Waals surface area contributed by atoms with Crippen LogP contribution in [0.3, 0.4) is 0 Å². The lowest BCUT2D eigenvalue weighted by molar-refractivity contribution is -0.377. The number of aromatic amines is 1. The number of aromatic nitrogens is 1. The third-order valence-electron chi connectivity index (χ3n) is 8.51. The van der Waals surface area contributed by atoms with Crippen LogP contribution in [0.5, 0.6) is 11.5 Å². The Morgan fingerprint density at radius 2 is 1.72 bits per heavy atom. The summed E-state index contributed by atoms with van der Waals surface area (Å²) in [6.07, 6.45) is 4.50. The van der Waals surface area contributed by atoms with Crippen LogP contribution in [0.1, 0.15) is 56.2 Å². The minimum atomic E-state index is -1.03. The number of likely N-dealkylation sites (tertiary alicyclic amines) is 1. The number of H-pyrrole nitrogens is 1. The van der Waals surface area contributed by atoms with Gasteiger partial charge in [-0.3, -0.25) is 5.32 Å². The molecule has 4 aromatic rings. The Hall–Kier alpha value is -3.78. The van der Waals surface area contributed by atoms with E-state index in [0.717, 1.165) is 30.8 Å². The zero-order chi connectivity index (χ0) is 34.9. The summed E-state index contributed by atoms with van der Waals surface area (Å²) in [4.78, 5) is 33.1. The van der Waals surface area contributed by atoms with Crippen LogP contribution in [0.25, 0.3) is 0 Å². The fraction of sp³-hybridized carbons (Fsp3) is 0.361. The molecule has 3 N–H and O–H groups in total. The largest absolute Gasteiger partial charge is 0.870 e. The van der Waals surface area contributed by atoms with Crippen LogP contribution in [-0.4, -0.2) is 63.3 Å². The quantitative estimate of drug-likeness (QED) is 0.140. The third kappa shape index (κ3) is 9.93. The number of ether oxygens (including phenoxy) is 4. The molecule has 0 bridgehead atoms. The van der Waals surface area contributed by atoms with E-state index in [1.165, 1.54) is 31.6 Å². The molecule has 14 heteroatoms. The lowest BCUT2D eigenvalue weighted by Crippen LogP contribution is -2.35. The van der Waals surface area contributed by atoms with Crippen molar-refractivity contribution in [2.24, 2.45) is 5.92 Å². The number of nitrogens with zero attached hydrogens (tertiary/aromatic N) is 1. The van der Waals surface area contributed by atoms with Crippen molar-refractivity contribution < 1.29 is 43.4 Å². The Labute approximate surface area is 304 Å². The van der Waals surface area contributed by atoms with Crippen molar-refractivity contribution in [1.29, 1.82) is 0 Å². The smallest absolute Gasteiger partial charge is 0.348 e. The number of esters is 2. The summed E-state index contributed by atoms with van der Waals surface area (Å²) in [5, 5.41) is 3.94. The van der Waals surface area contributed by atoms with Gasteiger partial charge in [0.2, 0.25) is 0 Å². The molecule has 1 saturated heterocycles. The normalized spacial score (nSPS) is 14.7. The van der Waals surface area contributed by atoms with Gasteiger partial charge < -0.3 is 29.3 Å².